The highest BCUT2D eigenvalue weighted by molar-refractivity contribution is 5.79. The molecule has 3 atom stereocenters. The molecular formula is C18H17NO2. The Hall–Kier alpha value is -2.13. The highest BCUT2D eigenvalue weighted by Gasteiger charge is 2.37. The Labute approximate surface area is 123 Å². The zero-order valence-electron chi connectivity index (χ0n) is 11.9. The average Bonchev–Trinajstić information content (AvgIpc) is 3.05. The van der Waals surface area contributed by atoms with E-state index in [4.69, 9.17) is 4.42 Å². The van der Waals surface area contributed by atoms with E-state index in [1.807, 2.05) is 42.5 Å². The predicted molar refractivity (Wildman–Crippen MR) is 81.0 cm³/mol. The third-order valence-corrected chi connectivity index (χ3v) is 4.33. The van der Waals surface area contributed by atoms with Gasteiger partial charge >= 0.3 is 0 Å². The van der Waals surface area contributed by atoms with Gasteiger partial charge in [-0.1, -0.05) is 19.1 Å². The number of fused-ring (bicyclic) bond motifs is 1. The van der Waals surface area contributed by atoms with Crippen molar-refractivity contribution in [3.63, 3.8) is 0 Å². The summed E-state index contributed by atoms with van der Waals surface area (Å²) in [6.45, 7) is 2.22. The molecule has 1 aliphatic rings. The van der Waals surface area contributed by atoms with Crippen LogP contribution in [0, 0.1) is 5.92 Å². The van der Waals surface area contributed by atoms with E-state index in [2.05, 4.69) is 11.9 Å². The lowest BCUT2D eigenvalue weighted by Gasteiger charge is -2.09. The van der Waals surface area contributed by atoms with Gasteiger partial charge in [0.1, 0.15) is 17.6 Å². The first-order valence-corrected chi connectivity index (χ1v) is 7.35. The van der Waals surface area contributed by atoms with Gasteiger partial charge < -0.3 is 9.52 Å². The Kier molecular flexibility index (Phi) is 2.82. The Morgan fingerprint density at radius 2 is 2.10 bits per heavy atom. The molecule has 3 heteroatoms. The zero-order valence-corrected chi connectivity index (χ0v) is 11.9. The number of rotatable bonds is 3. The molecule has 0 bridgehead atoms. The van der Waals surface area contributed by atoms with Crippen molar-refractivity contribution in [3.8, 4) is 0 Å². The van der Waals surface area contributed by atoms with E-state index in [-0.39, 0.29) is 0 Å². The van der Waals surface area contributed by atoms with Gasteiger partial charge in [0.05, 0.1) is 5.52 Å². The molecule has 0 spiro atoms. The van der Waals surface area contributed by atoms with Crippen LogP contribution >= 0.6 is 0 Å². The zero-order chi connectivity index (χ0) is 14.4. The van der Waals surface area contributed by atoms with Crippen LogP contribution in [0.15, 0.2) is 53.1 Å². The lowest BCUT2D eigenvalue weighted by atomic mass is 10.0. The van der Waals surface area contributed by atoms with E-state index in [1.54, 1.807) is 6.20 Å². The number of aliphatic hydroxyl groups is 1. The van der Waals surface area contributed by atoms with E-state index in [0.29, 0.717) is 17.6 Å². The Balaban J connectivity index is 1.65. The number of pyridine rings is 1. The second-order valence-corrected chi connectivity index (χ2v) is 5.92. The summed E-state index contributed by atoms with van der Waals surface area (Å²) in [7, 11) is 0. The summed E-state index contributed by atoms with van der Waals surface area (Å²) in [6.07, 6.45) is 2.23. The normalized spacial score (nSPS) is 22.4. The molecule has 2 aromatic heterocycles. The molecule has 0 saturated heterocycles. The fraction of sp³-hybridized carbons (Fsp3) is 0.278. The topological polar surface area (TPSA) is 46.3 Å². The van der Waals surface area contributed by atoms with Crippen LogP contribution in [0.5, 0.6) is 0 Å². The third-order valence-electron chi connectivity index (χ3n) is 4.33. The minimum atomic E-state index is -0.725. The van der Waals surface area contributed by atoms with Crippen molar-refractivity contribution in [2.24, 2.45) is 5.92 Å². The molecular weight excluding hydrogens is 262 g/mol. The molecule has 3 unspecified atom stereocenters. The van der Waals surface area contributed by atoms with Gasteiger partial charge in [-0.25, -0.2) is 0 Å². The Morgan fingerprint density at radius 3 is 2.90 bits per heavy atom. The monoisotopic (exact) mass is 279 g/mol. The fourth-order valence-corrected chi connectivity index (χ4v) is 2.86. The summed E-state index contributed by atoms with van der Waals surface area (Å²) in [5.74, 6) is 2.85. The molecule has 3 aromatic rings. The van der Waals surface area contributed by atoms with E-state index >= 15 is 0 Å². The maximum atomic E-state index is 10.5. The van der Waals surface area contributed by atoms with Gasteiger partial charge in [0.15, 0.2) is 0 Å². The van der Waals surface area contributed by atoms with Crippen molar-refractivity contribution >= 4 is 10.9 Å². The van der Waals surface area contributed by atoms with Gasteiger partial charge in [-0.2, -0.15) is 0 Å². The number of nitrogens with zero attached hydrogens (tertiary/aromatic N) is 1. The van der Waals surface area contributed by atoms with Crippen molar-refractivity contribution in [1.82, 2.24) is 4.98 Å². The van der Waals surface area contributed by atoms with Crippen molar-refractivity contribution in [2.75, 3.05) is 0 Å². The first kappa shape index (κ1) is 12.6. The van der Waals surface area contributed by atoms with Crippen molar-refractivity contribution in [1.29, 1.82) is 0 Å². The average molecular weight is 279 g/mol. The molecule has 21 heavy (non-hydrogen) atoms. The largest absolute Gasteiger partial charge is 0.463 e. The minimum Gasteiger partial charge on any atom is -0.463 e. The highest BCUT2D eigenvalue weighted by Crippen LogP contribution is 2.47. The lowest BCUT2D eigenvalue weighted by molar-refractivity contribution is 0.187. The molecule has 0 radical (unpaired) electrons. The fourth-order valence-electron chi connectivity index (χ4n) is 2.86. The van der Waals surface area contributed by atoms with Gasteiger partial charge in [-0.3, -0.25) is 4.98 Å². The molecule has 106 valence electrons. The second kappa shape index (κ2) is 4.71. The third kappa shape index (κ3) is 2.24. The van der Waals surface area contributed by atoms with Crippen LogP contribution in [0.4, 0.5) is 0 Å². The van der Waals surface area contributed by atoms with Crippen LogP contribution in [0.1, 0.15) is 42.5 Å². The van der Waals surface area contributed by atoms with Crippen LogP contribution in [-0.4, -0.2) is 10.1 Å². The lowest BCUT2D eigenvalue weighted by Crippen LogP contribution is -1.98. The van der Waals surface area contributed by atoms with Crippen LogP contribution in [0.25, 0.3) is 10.9 Å². The quantitative estimate of drug-likeness (QED) is 0.787. The maximum absolute atomic E-state index is 10.5. The number of aliphatic hydroxyl groups excluding tert-OH is 1. The molecule has 0 aliphatic heterocycles. The van der Waals surface area contributed by atoms with E-state index in [0.717, 1.165) is 22.2 Å². The summed E-state index contributed by atoms with van der Waals surface area (Å²) >= 11 is 0. The first-order valence-electron chi connectivity index (χ1n) is 7.35. The number of aromatic nitrogens is 1. The first-order chi connectivity index (χ1) is 10.2. The van der Waals surface area contributed by atoms with E-state index < -0.39 is 6.10 Å². The molecule has 3 nitrogen and oxygen atoms in total. The van der Waals surface area contributed by atoms with Gasteiger partial charge in [0, 0.05) is 17.5 Å². The van der Waals surface area contributed by atoms with Gasteiger partial charge in [-0.15, -0.1) is 0 Å². The molecule has 4 rings (SSSR count). The van der Waals surface area contributed by atoms with Crippen LogP contribution in [0.2, 0.25) is 0 Å². The van der Waals surface area contributed by atoms with Crippen molar-refractivity contribution in [2.45, 2.75) is 25.4 Å². The van der Waals surface area contributed by atoms with Crippen molar-refractivity contribution < 1.29 is 9.52 Å². The number of hydrogen-bond acceptors (Lipinski definition) is 3. The SMILES string of the molecule is CC1CC1c1ccc(C(O)c2ccc3ncccc3c2)o1. The number of benzene rings is 1. The van der Waals surface area contributed by atoms with Gasteiger partial charge in [-0.05, 0) is 48.2 Å². The number of furan rings is 1. The molecule has 0 amide bonds. The number of hydrogen-bond donors (Lipinski definition) is 1. The maximum Gasteiger partial charge on any atom is 0.137 e. The highest BCUT2D eigenvalue weighted by atomic mass is 16.4. The Morgan fingerprint density at radius 1 is 1.24 bits per heavy atom. The second-order valence-electron chi connectivity index (χ2n) is 5.92. The molecule has 1 aromatic carbocycles. The molecule has 1 N–H and O–H groups in total. The summed E-state index contributed by atoms with van der Waals surface area (Å²) in [6, 6.07) is 13.6. The molecule has 1 aliphatic carbocycles. The summed E-state index contributed by atoms with van der Waals surface area (Å²) in [4.78, 5) is 4.29. The van der Waals surface area contributed by atoms with Crippen LogP contribution < -0.4 is 0 Å². The van der Waals surface area contributed by atoms with E-state index in [1.165, 1.54) is 6.42 Å². The summed E-state index contributed by atoms with van der Waals surface area (Å²) < 4.78 is 5.84. The van der Waals surface area contributed by atoms with Crippen LogP contribution in [-0.2, 0) is 0 Å². The summed E-state index contributed by atoms with van der Waals surface area (Å²) in [5, 5.41) is 11.5. The van der Waals surface area contributed by atoms with Crippen molar-refractivity contribution in [3.05, 3.63) is 65.7 Å². The van der Waals surface area contributed by atoms with Gasteiger partial charge in [0.2, 0.25) is 0 Å². The molecule has 2 heterocycles. The standard InChI is InChI=1S/C18H17NO2/c1-11-9-14(11)16-6-7-17(21-16)18(20)13-4-5-15-12(10-13)3-2-8-19-15/h2-8,10-11,14,18,20H,9H2,1H3. The Bertz CT molecular complexity index is 793. The molecule has 1 fully saturated rings. The minimum absolute atomic E-state index is 0.534. The smallest absolute Gasteiger partial charge is 0.137 e. The van der Waals surface area contributed by atoms with Crippen LogP contribution in [0.3, 0.4) is 0 Å². The van der Waals surface area contributed by atoms with E-state index in [9.17, 15) is 5.11 Å². The molecule has 1 saturated carbocycles. The van der Waals surface area contributed by atoms with Gasteiger partial charge in [0.25, 0.3) is 0 Å². The summed E-state index contributed by atoms with van der Waals surface area (Å²) in [5.41, 5.74) is 1.76. The predicted octanol–water partition coefficient (Wildman–Crippen LogP) is 4.03.